The first-order valence-corrected chi connectivity index (χ1v) is 7.23. The first-order valence-electron chi connectivity index (χ1n) is 7.23. The van der Waals surface area contributed by atoms with E-state index in [2.05, 4.69) is 0 Å². The van der Waals surface area contributed by atoms with Gasteiger partial charge in [-0.2, -0.15) is 0 Å². The summed E-state index contributed by atoms with van der Waals surface area (Å²) in [6, 6.07) is -2.37. The van der Waals surface area contributed by atoms with Crippen LogP contribution in [0.2, 0.25) is 0 Å². The molecule has 0 radical (unpaired) electrons. The zero-order valence-corrected chi connectivity index (χ0v) is 12.3. The van der Waals surface area contributed by atoms with Gasteiger partial charge in [0.15, 0.2) is 12.6 Å². The van der Waals surface area contributed by atoms with Gasteiger partial charge in [-0.1, -0.05) is 0 Å². The van der Waals surface area contributed by atoms with Crippen molar-refractivity contribution in [3.8, 4) is 0 Å². The molecule has 2 aliphatic rings. The maximum atomic E-state index is 10.1. The van der Waals surface area contributed by atoms with Gasteiger partial charge in [0.1, 0.15) is 36.6 Å². The molecule has 2 saturated heterocycles. The summed E-state index contributed by atoms with van der Waals surface area (Å²) in [4.78, 5) is 0. The normalized spacial score (nSPS) is 51.7. The van der Waals surface area contributed by atoms with Crippen molar-refractivity contribution in [3.05, 3.63) is 0 Å². The molecule has 0 aromatic rings. The van der Waals surface area contributed by atoms with Crippen molar-refractivity contribution in [2.45, 2.75) is 61.3 Å². The van der Waals surface area contributed by atoms with Crippen molar-refractivity contribution in [1.29, 1.82) is 0 Å². The molecule has 10 atom stereocenters. The zero-order chi connectivity index (χ0) is 17.3. The Kier molecular flexibility index (Phi) is 6.27. The Bertz CT molecular complexity index is 386. The van der Waals surface area contributed by atoms with Gasteiger partial charge in [-0.3, -0.25) is 0 Å². The molecule has 0 unspecified atom stereocenters. The highest BCUT2D eigenvalue weighted by Gasteiger charge is 2.49. The van der Waals surface area contributed by atoms with Gasteiger partial charge in [0, 0.05) is 0 Å². The third kappa shape index (κ3) is 3.65. The fourth-order valence-corrected chi connectivity index (χ4v) is 2.65. The average Bonchev–Trinajstić information content (AvgIpc) is 2.55. The first-order chi connectivity index (χ1) is 10.8. The summed E-state index contributed by atoms with van der Waals surface area (Å²) in [5, 5.41) is 57.7. The second kappa shape index (κ2) is 7.63. The molecule has 136 valence electrons. The molecule has 11 heteroatoms. The predicted molar refractivity (Wildman–Crippen MR) is 72.6 cm³/mol. The van der Waals surface area contributed by atoms with Crippen LogP contribution in [-0.2, 0) is 14.2 Å². The highest BCUT2D eigenvalue weighted by molar-refractivity contribution is 4.95. The average molecular weight is 340 g/mol. The molecule has 0 bridgehead atoms. The number of hydrogen-bond donors (Lipinski definition) is 8. The van der Waals surface area contributed by atoms with Gasteiger partial charge < -0.3 is 56.3 Å². The quantitative estimate of drug-likeness (QED) is 0.242. The van der Waals surface area contributed by atoms with Crippen molar-refractivity contribution in [3.63, 3.8) is 0 Å². The van der Waals surface area contributed by atoms with Gasteiger partial charge in [-0.05, 0) is 0 Å². The van der Waals surface area contributed by atoms with Crippen molar-refractivity contribution in [2.75, 3.05) is 13.2 Å². The summed E-state index contributed by atoms with van der Waals surface area (Å²) >= 11 is 0. The van der Waals surface area contributed by atoms with E-state index in [1.165, 1.54) is 0 Å². The molecule has 0 spiro atoms. The summed E-state index contributed by atoms with van der Waals surface area (Å²) in [7, 11) is 0. The Morgan fingerprint density at radius 3 is 1.96 bits per heavy atom. The molecular formula is C12H24N2O9. The van der Waals surface area contributed by atoms with Crippen LogP contribution in [0.4, 0.5) is 0 Å². The molecule has 0 amide bonds. The number of ether oxygens (including phenoxy) is 3. The Morgan fingerprint density at radius 2 is 1.39 bits per heavy atom. The molecule has 11 nitrogen and oxygen atoms in total. The SMILES string of the molecule is N[C@@H]1[C@@H](O)[C@H](O[C@@H]2O[C@H](CO)[C@@H](O)[C@H](O)[C@H]2N)[C@@H](CO)O[C@@H]1O. The third-order valence-corrected chi connectivity index (χ3v) is 4.14. The maximum Gasteiger partial charge on any atom is 0.176 e. The molecule has 10 N–H and O–H groups in total. The van der Waals surface area contributed by atoms with E-state index < -0.39 is 74.5 Å². The van der Waals surface area contributed by atoms with Crippen molar-refractivity contribution < 1.29 is 44.8 Å². The summed E-state index contributed by atoms with van der Waals surface area (Å²) < 4.78 is 15.8. The van der Waals surface area contributed by atoms with Gasteiger partial charge in [-0.15, -0.1) is 0 Å². The molecular weight excluding hydrogens is 316 g/mol. The number of aliphatic hydroxyl groups excluding tert-OH is 6. The van der Waals surface area contributed by atoms with E-state index in [9.17, 15) is 25.5 Å². The number of nitrogens with two attached hydrogens (primary N) is 2. The van der Waals surface area contributed by atoms with Gasteiger partial charge in [-0.25, -0.2) is 0 Å². The monoisotopic (exact) mass is 340 g/mol. The Morgan fingerprint density at radius 1 is 0.783 bits per heavy atom. The van der Waals surface area contributed by atoms with Crippen LogP contribution in [0.5, 0.6) is 0 Å². The molecule has 0 aliphatic carbocycles. The van der Waals surface area contributed by atoms with Gasteiger partial charge in [0.25, 0.3) is 0 Å². The molecule has 2 rings (SSSR count). The van der Waals surface area contributed by atoms with Crippen molar-refractivity contribution in [2.24, 2.45) is 11.5 Å². The molecule has 0 aromatic carbocycles. The standard InChI is InChI=1S/C12H24N2O9/c13-5-9(19)10(4(2-16)21-11(5)20)23-12-6(14)8(18)7(17)3(1-15)22-12/h3-12,15-20H,1-2,13-14H2/t3-,4-,5-,6-,7-,8-,9-,10-,11+,12+/m1/s1. The van der Waals surface area contributed by atoms with Crippen LogP contribution in [0, 0.1) is 0 Å². The molecule has 2 heterocycles. The molecule has 23 heavy (non-hydrogen) atoms. The van der Waals surface area contributed by atoms with Crippen LogP contribution in [0.25, 0.3) is 0 Å². The van der Waals surface area contributed by atoms with Crippen LogP contribution in [0.15, 0.2) is 0 Å². The first kappa shape index (κ1) is 18.9. The molecule has 2 aliphatic heterocycles. The number of rotatable bonds is 4. The second-order valence-electron chi connectivity index (χ2n) is 5.70. The summed E-state index contributed by atoms with van der Waals surface area (Å²) in [5.41, 5.74) is 11.3. The van der Waals surface area contributed by atoms with Crippen LogP contribution in [0.1, 0.15) is 0 Å². The summed E-state index contributed by atoms with van der Waals surface area (Å²) in [6.07, 6.45) is -10.5. The lowest BCUT2D eigenvalue weighted by Gasteiger charge is -2.45. The minimum atomic E-state index is -1.49. The van der Waals surface area contributed by atoms with E-state index in [1.54, 1.807) is 0 Å². The second-order valence-corrected chi connectivity index (χ2v) is 5.70. The van der Waals surface area contributed by atoms with Gasteiger partial charge >= 0.3 is 0 Å². The summed E-state index contributed by atoms with van der Waals surface area (Å²) in [5.74, 6) is 0. The van der Waals surface area contributed by atoms with E-state index in [0.717, 1.165) is 0 Å². The molecule has 0 saturated carbocycles. The highest BCUT2D eigenvalue weighted by atomic mass is 16.7. The Balaban J connectivity index is 2.11. The lowest BCUT2D eigenvalue weighted by Crippen LogP contribution is -2.67. The number of aliphatic hydroxyl groups is 6. The lowest BCUT2D eigenvalue weighted by atomic mass is 9.95. The maximum absolute atomic E-state index is 10.1. The van der Waals surface area contributed by atoms with Gasteiger partial charge in [0.2, 0.25) is 0 Å². The molecule has 0 aromatic heterocycles. The zero-order valence-electron chi connectivity index (χ0n) is 12.3. The van der Waals surface area contributed by atoms with Crippen LogP contribution < -0.4 is 11.5 Å². The van der Waals surface area contributed by atoms with E-state index in [4.69, 9.17) is 30.8 Å². The fraction of sp³-hybridized carbons (Fsp3) is 1.00. The topological polar surface area (TPSA) is 201 Å². The minimum Gasteiger partial charge on any atom is -0.394 e. The van der Waals surface area contributed by atoms with Crippen molar-refractivity contribution >= 4 is 0 Å². The highest BCUT2D eigenvalue weighted by Crippen LogP contribution is 2.27. The third-order valence-electron chi connectivity index (χ3n) is 4.14. The minimum absolute atomic E-state index is 0.581. The van der Waals surface area contributed by atoms with E-state index in [-0.39, 0.29) is 0 Å². The van der Waals surface area contributed by atoms with E-state index >= 15 is 0 Å². The Labute approximate surface area is 132 Å². The summed E-state index contributed by atoms with van der Waals surface area (Å²) in [6.45, 7) is -1.17. The van der Waals surface area contributed by atoms with Crippen molar-refractivity contribution in [1.82, 2.24) is 0 Å². The lowest BCUT2D eigenvalue weighted by molar-refractivity contribution is -0.324. The Hall–Kier alpha value is -0.440. The van der Waals surface area contributed by atoms with Crippen LogP contribution >= 0.6 is 0 Å². The van der Waals surface area contributed by atoms with E-state index in [0.29, 0.717) is 0 Å². The smallest absolute Gasteiger partial charge is 0.176 e. The number of hydrogen-bond acceptors (Lipinski definition) is 11. The van der Waals surface area contributed by atoms with Crippen LogP contribution in [0.3, 0.4) is 0 Å². The largest absolute Gasteiger partial charge is 0.394 e. The van der Waals surface area contributed by atoms with Crippen LogP contribution in [-0.4, -0.2) is 105 Å². The predicted octanol–water partition coefficient (Wildman–Crippen LogP) is -5.46. The van der Waals surface area contributed by atoms with E-state index in [1.807, 2.05) is 0 Å². The fourth-order valence-electron chi connectivity index (χ4n) is 2.65. The molecule has 2 fully saturated rings. The van der Waals surface area contributed by atoms with Gasteiger partial charge in [0.05, 0.1) is 25.3 Å².